The highest BCUT2D eigenvalue weighted by Crippen LogP contribution is 2.26. The van der Waals surface area contributed by atoms with Crippen molar-refractivity contribution in [2.45, 2.75) is 9.79 Å². The zero-order valence-corrected chi connectivity index (χ0v) is 8.14. The third-order valence-electron chi connectivity index (χ3n) is 1.44. The van der Waals surface area contributed by atoms with Crippen molar-refractivity contribution in [3.63, 3.8) is 0 Å². The molecule has 0 bridgehead atoms. The minimum absolute atomic E-state index is 0.0993. The Morgan fingerprint density at radius 3 is 2.23 bits per heavy atom. The highest BCUT2D eigenvalue weighted by atomic mass is 32.2. The first-order valence-electron chi connectivity index (χ1n) is 3.18. The fourth-order valence-electron chi connectivity index (χ4n) is 0.827. The van der Waals surface area contributed by atoms with Gasteiger partial charge in [-0.1, -0.05) is 0 Å². The van der Waals surface area contributed by atoms with Crippen molar-refractivity contribution in [2.24, 2.45) is 0 Å². The topological polar surface area (TPSA) is 106 Å². The Morgan fingerprint density at radius 1 is 1.23 bits per heavy atom. The van der Waals surface area contributed by atoms with Crippen molar-refractivity contribution in [3.8, 4) is 0 Å². The van der Waals surface area contributed by atoms with Gasteiger partial charge in [0.15, 0.2) is 0 Å². The van der Waals surface area contributed by atoms with Crippen LogP contribution >= 0.6 is 12.6 Å². The molecule has 1 aromatic rings. The van der Waals surface area contributed by atoms with E-state index < -0.39 is 10.1 Å². The number of hydrogen-bond donors (Lipinski definition) is 4. The summed E-state index contributed by atoms with van der Waals surface area (Å²) in [5, 5.41) is 0. The fraction of sp³-hybridized carbons (Fsp3) is 0. The third kappa shape index (κ3) is 2.06. The molecule has 0 saturated carbocycles. The molecule has 1 rings (SSSR count). The first-order valence-corrected chi connectivity index (χ1v) is 5.06. The Morgan fingerprint density at radius 2 is 1.77 bits per heavy atom. The number of rotatable bonds is 1. The predicted molar refractivity (Wildman–Crippen MR) is 52.3 cm³/mol. The first-order chi connectivity index (χ1) is 5.82. The lowest BCUT2D eigenvalue weighted by atomic mass is 10.3. The summed E-state index contributed by atoms with van der Waals surface area (Å²) in [5.74, 6) is 0. The molecule has 13 heavy (non-hydrogen) atoms. The van der Waals surface area contributed by atoms with E-state index in [1.807, 2.05) is 0 Å². The van der Waals surface area contributed by atoms with Crippen molar-refractivity contribution in [3.05, 3.63) is 12.1 Å². The van der Waals surface area contributed by atoms with E-state index in [0.717, 1.165) is 6.07 Å². The summed E-state index contributed by atoms with van der Waals surface area (Å²) in [7, 11) is -4.30. The van der Waals surface area contributed by atoms with E-state index in [9.17, 15) is 8.42 Å². The molecule has 1 aromatic carbocycles. The second kappa shape index (κ2) is 3.09. The smallest absolute Gasteiger partial charge is 0.296 e. The molecule has 0 fully saturated rings. The zero-order valence-electron chi connectivity index (χ0n) is 6.43. The number of hydrogen-bond acceptors (Lipinski definition) is 5. The average Bonchev–Trinajstić information content (AvgIpc) is 1.94. The van der Waals surface area contributed by atoms with E-state index in [1.54, 1.807) is 0 Å². The molecule has 0 aliphatic rings. The molecular weight excluding hydrogens is 212 g/mol. The van der Waals surface area contributed by atoms with E-state index in [1.165, 1.54) is 6.07 Å². The molecule has 0 atom stereocenters. The molecule has 0 unspecified atom stereocenters. The molecule has 5 N–H and O–H groups in total. The summed E-state index contributed by atoms with van der Waals surface area (Å²) in [4.78, 5) is -0.131. The molecule has 0 amide bonds. The molecule has 7 heteroatoms. The molecule has 72 valence electrons. The molecule has 0 saturated heterocycles. The van der Waals surface area contributed by atoms with Gasteiger partial charge in [-0.3, -0.25) is 4.55 Å². The summed E-state index contributed by atoms with van der Waals surface area (Å²) in [6, 6.07) is 2.33. The second-order valence-electron chi connectivity index (χ2n) is 2.42. The Kier molecular flexibility index (Phi) is 2.42. The first kappa shape index (κ1) is 10.2. The van der Waals surface area contributed by atoms with Gasteiger partial charge >= 0.3 is 0 Å². The van der Waals surface area contributed by atoms with E-state index in [0.29, 0.717) is 0 Å². The SMILES string of the molecule is Nc1cc(N)c(S(=O)(=O)O)cc1S. The minimum atomic E-state index is -4.30. The second-order valence-corrected chi connectivity index (χ2v) is 4.30. The van der Waals surface area contributed by atoms with Gasteiger partial charge < -0.3 is 11.5 Å². The number of thiol groups is 1. The van der Waals surface area contributed by atoms with E-state index in [-0.39, 0.29) is 21.2 Å². The van der Waals surface area contributed by atoms with Gasteiger partial charge in [-0.15, -0.1) is 12.6 Å². The van der Waals surface area contributed by atoms with Gasteiger partial charge in [-0.05, 0) is 12.1 Å². The van der Waals surface area contributed by atoms with Gasteiger partial charge in [0.1, 0.15) is 4.90 Å². The van der Waals surface area contributed by atoms with Crippen LogP contribution in [-0.4, -0.2) is 13.0 Å². The third-order valence-corrected chi connectivity index (χ3v) is 2.73. The van der Waals surface area contributed by atoms with E-state index >= 15 is 0 Å². The Bertz CT molecular complexity index is 441. The molecule has 0 aliphatic carbocycles. The molecular formula is C6H8N2O3S2. The summed E-state index contributed by atoms with van der Waals surface area (Å²) < 4.78 is 30.1. The van der Waals surface area contributed by atoms with Crippen LogP contribution in [-0.2, 0) is 10.1 Å². The summed E-state index contributed by atoms with van der Waals surface area (Å²) >= 11 is 3.89. The largest absolute Gasteiger partial charge is 0.398 e. The predicted octanol–water partition coefficient (Wildman–Crippen LogP) is 0.386. The monoisotopic (exact) mass is 220 g/mol. The van der Waals surface area contributed by atoms with Gasteiger partial charge in [0.25, 0.3) is 10.1 Å². The maximum atomic E-state index is 10.7. The molecule has 0 spiro atoms. The number of nitrogens with two attached hydrogens (primary N) is 2. The Balaban J connectivity index is 3.50. The van der Waals surface area contributed by atoms with Crippen molar-refractivity contribution in [2.75, 3.05) is 11.5 Å². The summed E-state index contributed by atoms with van der Waals surface area (Å²) in [5.41, 5.74) is 10.9. The molecule has 0 radical (unpaired) electrons. The van der Waals surface area contributed by atoms with Gasteiger partial charge in [0.05, 0.1) is 5.69 Å². The van der Waals surface area contributed by atoms with Gasteiger partial charge in [-0.25, -0.2) is 0 Å². The standard InChI is InChI=1S/C6H8N2O3S2/c7-3-1-4(8)6(2-5(3)12)13(9,10)11/h1-2,12H,7-8H2,(H,9,10,11). The number of benzene rings is 1. The summed E-state index contributed by atoms with van der Waals surface area (Å²) in [6.45, 7) is 0. The average molecular weight is 220 g/mol. The summed E-state index contributed by atoms with van der Waals surface area (Å²) in [6.07, 6.45) is 0. The quantitative estimate of drug-likeness (QED) is 0.311. The number of nitrogen functional groups attached to an aromatic ring is 2. The highest BCUT2D eigenvalue weighted by molar-refractivity contribution is 7.86. The van der Waals surface area contributed by atoms with Crippen molar-refractivity contribution in [1.29, 1.82) is 0 Å². The molecule has 0 heterocycles. The maximum Gasteiger partial charge on any atom is 0.296 e. The van der Waals surface area contributed by atoms with Crippen LogP contribution in [0.25, 0.3) is 0 Å². The maximum absolute atomic E-state index is 10.7. The fourth-order valence-corrected chi connectivity index (χ4v) is 1.73. The molecule has 0 aliphatic heterocycles. The van der Waals surface area contributed by atoms with Gasteiger partial charge in [-0.2, -0.15) is 8.42 Å². The zero-order chi connectivity index (χ0) is 10.2. The lowest BCUT2D eigenvalue weighted by Gasteiger charge is -2.05. The molecule has 0 aromatic heterocycles. The van der Waals surface area contributed by atoms with Crippen LogP contribution in [0.3, 0.4) is 0 Å². The molecule has 5 nitrogen and oxygen atoms in total. The Hall–Kier alpha value is -0.920. The van der Waals surface area contributed by atoms with Crippen LogP contribution in [0.2, 0.25) is 0 Å². The van der Waals surface area contributed by atoms with Crippen molar-refractivity contribution >= 4 is 34.1 Å². The van der Waals surface area contributed by atoms with Gasteiger partial charge in [0.2, 0.25) is 0 Å². The normalized spacial score (nSPS) is 11.5. The highest BCUT2D eigenvalue weighted by Gasteiger charge is 2.15. The van der Waals surface area contributed by atoms with E-state index in [4.69, 9.17) is 16.0 Å². The van der Waals surface area contributed by atoms with E-state index in [2.05, 4.69) is 12.6 Å². The lowest BCUT2D eigenvalue weighted by molar-refractivity contribution is 0.483. The van der Waals surface area contributed by atoms with Crippen LogP contribution in [0, 0.1) is 0 Å². The number of anilines is 2. The van der Waals surface area contributed by atoms with Crippen molar-refractivity contribution in [1.82, 2.24) is 0 Å². The van der Waals surface area contributed by atoms with Crippen LogP contribution < -0.4 is 11.5 Å². The van der Waals surface area contributed by atoms with Crippen LogP contribution in [0.1, 0.15) is 0 Å². The van der Waals surface area contributed by atoms with Gasteiger partial charge in [0, 0.05) is 10.6 Å². The Labute approximate surface area is 80.9 Å². The van der Waals surface area contributed by atoms with Crippen LogP contribution in [0.4, 0.5) is 11.4 Å². The lowest BCUT2D eigenvalue weighted by Crippen LogP contribution is -2.04. The van der Waals surface area contributed by atoms with Crippen LogP contribution in [0.15, 0.2) is 21.9 Å². The van der Waals surface area contributed by atoms with Crippen molar-refractivity contribution < 1.29 is 13.0 Å². The minimum Gasteiger partial charge on any atom is -0.398 e. The van der Waals surface area contributed by atoms with Crippen LogP contribution in [0.5, 0.6) is 0 Å².